The minimum absolute atomic E-state index is 0.0145. The lowest BCUT2D eigenvalue weighted by atomic mass is 10.3. The van der Waals surface area contributed by atoms with E-state index >= 15 is 0 Å². The molecule has 0 aliphatic rings. The summed E-state index contributed by atoms with van der Waals surface area (Å²) in [6, 6.07) is 3.14. The molecule has 0 fully saturated rings. The van der Waals surface area contributed by atoms with E-state index in [1.54, 1.807) is 11.4 Å². The number of hydrogen-bond donors (Lipinski definition) is 1. The Balaban J connectivity index is 2.18. The highest BCUT2D eigenvalue weighted by Gasteiger charge is 2.10. The van der Waals surface area contributed by atoms with Gasteiger partial charge in [-0.3, -0.25) is 4.79 Å². The first-order valence-electron chi connectivity index (χ1n) is 4.30. The van der Waals surface area contributed by atoms with Gasteiger partial charge in [0.15, 0.2) is 0 Å². The molecule has 1 N–H and O–H groups in total. The average molecular weight is 353 g/mol. The van der Waals surface area contributed by atoms with E-state index in [-0.39, 0.29) is 22.2 Å². The highest BCUT2D eigenvalue weighted by atomic mass is 79.9. The van der Waals surface area contributed by atoms with Gasteiger partial charge in [0.05, 0.1) is 9.35 Å². The third-order valence-corrected chi connectivity index (χ3v) is 3.61. The van der Waals surface area contributed by atoms with Crippen molar-refractivity contribution in [1.29, 1.82) is 0 Å². The van der Waals surface area contributed by atoms with E-state index in [1.165, 1.54) is 17.4 Å². The summed E-state index contributed by atoms with van der Waals surface area (Å²) in [5.74, 6) is -0.0138. The Labute approximate surface area is 119 Å². The molecule has 4 nitrogen and oxygen atoms in total. The Morgan fingerprint density at radius 1 is 1.35 bits per heavy atom. The van der Waals surface area contributed by atoms with Crippen LogP contribution in [0.15, 0.2) is 21.3 Å². The molecule has 0 saturated heterocycles. The molecule has 88 valence electrons. The predicted octanol–water partition coefficient (Wildman–Crippen LogP) is 3.86. The summed E-state index contributed by atoms with van der Waals surface area (Å²) in [6.07, 6.45) is 0. The fourth-order valence-electron chi connectivity index (χ4n) is 1.07. The summed E-state index contributed by atoms with van der Waals surface area (Å²) in [6.45, 7) is 0. The van der Waals surface area contributed by atoms with Crippen molar-refractivity contribution in [1.82, 2.24) is 9.97 Å². The first kappa shape index (κ1) is 12.8. The zero-order valence-corrected chi connectivity index (χ0v) is 12.0. The van der Waals surface area contributed by atoms with E-state index < -0.39 is 0 Å². The molecule has 1 amide bonds. The van der Waals surface area contributed by atoms with Crippen molar-refractivity contribution in [2.45, 2.75) is 0 Å². The normalized spacial score (nSPS) is 10.3. The van der Waals surface area contributed by atoms with Crippen LogP contribution >= 0.6 is 50.5 Å². The Morgan fingerprint density at radius 3 is 2.71 bits per heavy atom. The van der Waals surface area contributed by atoms with E-state index in [2.05, 4.69) is 31.2 Å². The molecule has 2 aromatic heterocycles. The number of aromatic nitrogens is 2. The molecular formula is C9H4BrCl2N3OS. The van der Waals surface area contributed by atoms with Crippen LogP contribution in [0.1, 0.15) is 10.4 Å². The molecule has 0 saturated carbocycles. The maximum atomic E-state index is 11.8. The molecule has 0 aliphatic carbocycles. The van der Waals surface area contributed by atoms with Crippen molar-refractivity contribution < 1.29 is 4.79 Å². The molecule has 0 unspecified atom stereocenters. The Bertz CT molecular complexity index is 555. The van der Waals surface area contributed by atoms with Crippen molar-refractivity contribution in [3.05, 3.63) is 37.3 Å². The largest absolute Gasteiger partial charge is 0.306 e. The standard InChI is InChI=1S/C9H4BrCl2N3OS/c10-5-1-4(3-17-5)8(16)14-7-2-6(11)13-9(12)15-7/h1-3H,(H,13,14,15,16). The molecule has 2 aromatic rings. The van der Waals surface area contributed by atoms with Crippen LogP contribution < -0.4 is 5.32 Å². The van der Waals surface area contributed by atoms with Crippen molar-refractivity contribution in [2.75, 3.05) is 5.32 Å². The van der Waals surface area contributed by atoms with Crippen molar-refractivity contribution in [3.8, 4) is 0 Å². The minimum atomic E-state index is -0.280. The van der Waals surface area contributed by atoms with Gasteiger partial charge in [0, 0.05) is 11.4 Å². The van der Waals surface area contributed by atoms with E-state index in [1.807, 2.05) is 0 Å². The Kier molecular flexibility index (Phi) is 3.98. The van der Waals surface area contributed by atoms with Gasteiger partial charge in [-0.05, 0) is 33.6 Å². The van der Waals surface area contributed by atoms with Crippen LogP contribution in [0.3, 0.4) is 0 Å². The monoisotopic (exact) mass is 351 g/mol. The second-order valence-electron chi connectivity index (χ2n) is 2.94. The molecular weight excluding hydrogens is 349 g/mol. The Hall–Kier alpha value is -0.690. The minimum Gasteiger partial charge on any atom is -0.306 e. The number of nitrogens with one attached hydrogen (secondary N) is 1. The van der Waals surface area contributed by atoms with Crippen molar-refractivity contribution >= 4 is 62.2 Å². The van der Waals surface area contributed by atoms with Crippen LogP contribution in [0.4, 0.5) is 5.82 Å². The summed E-state index contributed by atoms with van der Waals surface area (Å²) >= 11 is 16.0. The van der Waals surface area contributed by atoms with Gasteiger partial charge in [0.25, 0.3) is 5.91 Å². The van der Waals surface area contributed by atoms with Crippen LogP contribution in [-0.4, -0.2) is 15.9 Å². The van der Waals surface area contributed by atoms with Gasteiger partial charge in [0.1, 0.15) is 11.0 Å². The zero-order chi connectivity index (χ0) is 12.4. The van der Waals surface area contributed by atoms with E-state index in [0.29, 0.717) is 5.56 Å². The summed E-state index contributed by atoms with van der Waals surface area (Å²) in [5, 5.41) is 4.46. The second-order valence-corrected chi connectivity index (χ2v) is 5.95. The number of nitrogens with zero attached hydrogens (tertiary/aromatic N) is 2. The third-order valence-electron chi connectivity index (χ3n) is 1.74. The van der Waals surface area contributed by atoms with Gasteiger partial charge in [-0.2, -0.15) is 0 Å². The summed E-state index contributed by atoms with van der Waals surface area (Å²) in [4.78, 5) is 19.3. The number of thiophene rings is 1. The van der Waals surface area contributed by atoms with E-state index in [9.17, 15) is 4.79 Å². The molecule has 0 aliphatic heterocycles. The number of rotatable bonds is 2. The highest BCUT2D eigenvalue weighted by molar-refractivity contribution is 9.11. The second kappa shape index (κ2) is 5.30. The number of anilines is 1. The number of hydrogen-bond acceptors (Lipinski definition) is 4. The van der Waals surface area contributed by atoms with Gasteiger partial charge in [-0.1, -0.05) is 11.6 Å². The van der Waals surface area contributed by atoms with Crippen LogP contribution in [0.2, 0.25) is 10.4 Å². The maximum absolute atomic E-state index is 11.8. The molecule has 0 radical (unpaired) electrons. The first-order chi connectivity index (χ1) is 8.04. The lowest BCUT2D eigenvalue weighted by Gasteiger charge is -2.03. The van der Waals surface area contributed by atoms with Crippen LogP contribution in [-0.2, 0) is 0 Å². The van der Waals surface area contributed by atoms with Crippen molar-refractivity contribution in [3.63, 3.8) is 0 Å². The molecule has 17 heavy (non-hydrogen) atoms. The highest BCUT2D eigenvalue weighted by Crippen LogP contribution is 2.22. The maximum Gasteiger partial charge on any atom is 0.257 e. The van der Waals surface area contributed by atoms with Gasteiger partial charge in [-0.15, -0.1) is 11.3 Å². The number of halogens is 3. The smallest absolute Gasteiger partial charge is 0.257 e. The SMILES string of the molecule is O=C(Nc1cc(Cl)nc(Cl)n1)c1csc(Br)c1. The lowest BCUT2D eigenvalue weighted by molar-refractivity contribution is 0.102. The molecule has 0 aromatic carbocycles. The average Bonchev–Trinajstić information content (AvgIpc) is 2.63. The van der Waals surface area contributed by atoms with Gasteiger partial charge >= 0.3 is 0 Å². The van der Waals surface area contributed by atoms with Crippen molar-refractivity contribution in [2.24, 2.45) is 0 Å². The summed E-state index contributed by atoms with van der Waals surface area (Å²) in [7, 11) is 0. The Morgan fingerprint density at radius 2 is 2.12 bits per heavy atom. The molecule has 0 atom stereocenters. The lowest BCUT2D eigenvalue weighted by Crippen LogP contribution is -2.12. The predicted molar refractivity (Wildman–Crippen MR) is 72.0 cm³/mol. The zero-order valence-electron chi connectivity index (χ0n) is 8.08. The fraction of sp³-hybridized carbons (Fsp3) is 0. The first-order valence-corrected chi connectivity index (χ1v) is 6.73. The van der Waals surface area contributed by atoms with Crippen LogP contribution in [0.25, 0.3) is 0 Å². The summed E-state index contributed by atoms with van der Waals surface area (Å²) < 4.78 is 0.876. The van der Waals surface area contributed by atoms with Gasteiger partial charge in [0.2, 0.25) is 5.28 Å². The van der Waals surface area contributed by atoms with Gasteiger partial charge < -0.3 is 5.32 Å². The number of carbonyl (C=O) groups excluding carboxylic acids is 1. The van der Waals surface area contributed by atoms with Crippen LogP contribution in [0.5, 0.6) is 0 Å². The third kappa shape index (κ3) is 3.38. The summed E-state index contributed by atoms with van der Waals surface area (Å²) in [5.41, 5.74) is 0.535. The topological polar surface area (TPSA) is 54.9 Å². The molecule has 2 heterocycles. The molecule has 0 spiro atoms. The molecule has 8 heteroatoms. The van der Waals surface area contributed by atoms with Gasteiger partial charge in [-0.25, -0.2) is 9.97 Å². The quantitative estimate of drug-likeness (QED) is 0.659. The number of amides is 1. The molecule has 2 rings (SSSR count). The fourth-order valence-corrected chi connectivity index (χ4v) is 2.62. The van der Waals surface area contributed by atoms with E-state index in [0.717, 1.165) is 3.79 Å². The van der Waals surface area contributed by atoms with Crippen LogP contribution in [0, 0.1) is 0 Å². The number of carbonyl (C=O) groups is 1. The molecule has 0 bridgehead atoms. The van der Waals surface area contributed by atoms with E-state index in [4.69, 9.17) is 23.2 Å².